The summed E-state index contributed by atoms with van der Waals surface area (Å²) in [6.07, 6.45) is 0. The van der Waals surface area contributed by atoms with Crippen molar-refractivity contribution in [2.24, 2.45) is 0 Å². The topological polar surface area (TPSA) is 105 Å². The summed E-state index contributed by atoms with van der Waals surface area (Å²) in [5, 5.41) is 5.68. The highest BCUT2D eigenvalue weighted by Gasteiger charge is 2.60. The zero-order valence-electron chi connectivity index (χ0n) is 20.7. The molecule has 0 saturated carbocycles. The number of amides is 2. The van der Waals surface area contributed by atoms with E-state index in [0.29, 0.717) is 16.7 Å². The highest BCUT2D eigenvalue weighted by molar-refractivity contribution is 6.07. The van der Waals surface area contributed by atoms with Crippen molar-refractivity contribution in [1.29, 1.82) is 0 Å². The van der Waals surface area contributed by atoms with Crippen LogP contribution in [0.1, 0.15) is 33.6 Å². The number of hydrazine groups is 1. The molecule has 1 N–H and O–H groups in total. The van der Waals surface area contributed by atoms with Crippen LogP contribution in [0, 0.1) is 0 Å². The Bertz CT molecular complexity index is 1410. The zero-order chi connectivity index (χ0) is 26.8. The molecule has 2 aliphatic heterocycles. The number of ether oxygens (including phenoxy) is 2. The Kier molecular flexibility index (Phi) is 6.76. The van der Waals surface area contributed by atoms with Crippen LogP contribution < -0.4 is 5.32 Å². The van der Waals surface area contributed by atoms with Gasteiger partial charge in [-0.1, -0.05) is 78.9 Å². The Balaban J connectivity index is 1.71. The van der Waals surface area contributed by atoms with E-state index in [1.165, 1.54) is 14.2 Å². The lowest BCUT2D eigenvalue weighted by Crippen LogP contribution is -2.44. The minimum atomic E-state index is -1.07. The molecule has 0 bridgehead atoms. The average molecular weight is 512 g/mol. The van der Waals surface area contributed by atoms with Gasteiger partial charge in [0, 0.05) is 5.56 Å². The quantitative estimate of drug-likeness (QED) is 0.508. The molecule has 9 heteroatoms. The Morgan fingerprint density at radius 3 is 1.82 bits per heavy atom. The SMILES string of the molecule is COC(=O)C1=C(C(=O)OC)N2C(=O)[C@@H](NC(=O)c3ccccc3)[C@H](c3ccccc3)N2[C@@H]1c1ccccc1. The first kappa shape index (κ1) is 24.9. The predicted molar refractivity (Wildman–Crippen MR) is 136 cm³/mol. The molecule has 0 aromatic heterocycles. The van der Waals surface area contributed by atoms with Gasteiger partial charge in [0.05, 0.1) is 31.9 Å². The average Bonchev–Trinajstić information content (AvgIpc) is 3.45. The summed E-state index contributed by atoms with van der Waals surface area (Å²) in [4.78, 5) is 53.5. The Labute approximate surface area is 219 Å². The first-order valence-corrected chi connectivity index (χ1v) is 12.0. The molecule has 1 fully saturated rings. The van der Waals surface area contributed by atoms with E-state index in [4.69, 9.17) is 9.47 Å². The van der Waals surface area contributed by atoms with Crippen LogP contribution in [0.15, 0.2) is 102 Å². The van der Waals surface area contributed by atoms with E-state index in [2.05, 4.69) is 5.32 Å². The number of esters is 2. The number of hydrogen-bond acceptors (Lipinski definition) is 7. The maximum absolute atomic E-state index is 14.1. The fraction of sp³-hybridized carbons (Fsp3) is 0.172. The highest BCUT2D eigenvalue weighted by Crippen LogP contribution is 2.51. The molecule has 0 unspecified atom stereocenters. The van der Waals surface area contributed by atoms with Crippen molar-refractivity contribution in [1.82, 2.24) is 15.3 Å². The lowest BCUT2D eigenvalue weighted by molar-refractivity contribution is -0.146. The van der Waals surface area contributed by atoms with Gasteiger partial charge in [-0.15, -0.1) is 0 Å². The van der Waals surface area contributed by atoms with Crippen LogP contribution in [0.4, 0.5) is 0 Å². The Hall–Kier alpha value is -4.76. The molecule has 2 heterocycles. The van der Waals surface area contributed by atoms with Gasteiger partial charge in [0.15, 0.2) is 5.70 Å². The molecule has 3 atom stereocenters. The van der Waals surface area contributed by atoms with Crippen molar-refractivity contribution in [3.8, 4) is 0 Å². The summed E-state index contributed by atoms with van der Waals surface area (Å²) in [6.45, 7) is 0. The molecular weight excluding hydrogens is 486 g/mol. The number of carbonyl (C=O) groups excluding carboxylic acids is 4. The van der Waals surface area contributed by atoms with Crippen LogP contribution in [0.5, 0.6) is 0 Å². The molecule has 1 saturated heterocycles. The molecule has 5 rings (SSSR count). The maximum Gasteiger partial charge on any atom is 0.356 e. The molecule has 2 amide bonds. The number of benzene rings is 3. The number of hydrogen-bond donors (Lipinski definition) is 1. The van der Waals surface area contributed by atoms with Crippen LogP contribution in [0.25, 0.3) is 0 Å². The molecule has 3 aromatic carbocycles. The van der Waals surface area contributed by atoms with Crippen LogP contribution in [0.3, 0.4) is 0 Å². The van der Waals surface area contributed by atoms with Gasteiger partial charge in [-0.05, 0) is 23.3 Å². The van der Waals surface area contributed by atoms with E-state index >= 15 is 0 Å². The lowest BCUT2D eigenvalue weighted by atomic mass is 9.92. The van der Waals surface area contributed by atoms with Crippen molar-refractivity contribution in [2.45, 2.75) is 18.1 Å². The van der Waals surface area contributed by atoms with Crippen molar-refractivity contribution < 1.29 is 28.7 Å². The van der Waals surface area contributed by atoms with E-state index in [0.717, 1.165) is 5.01 Å². The minimum absolute atomic E-state index is 0.0207. The van der Waals surface area contributed by atoms with E-state index in [9.17, 15) is 19.2 Å². The standard InChI is InChI=1S/C29H25N3O6/c1-37-28(35)21-23(18-12-6-3-7-13-18)31-24(19-14-8-4-9-15-19)22(27(34)32(31)25(21)29(36)38-2)30-26(33)20-16-10-5-11-17-20/h3-17,22-24H,1-2H3,(H,30,33)/t22-,23+,24-/m0/s1. The van der Waals surface area contributed by atoms with Crippen LogP contribution >= 0.6 is 0 Å². The number of carbonyl (C=O) groups is 4. The molecule has 192 valence electrons. The van der Waals surface area contributed by atoms with Gasteiger partial charge in [0.2, 0.25) is 0 Å². The molecular formula is C29H25N3O6. The smallest absolute Gasteiger partial charge is 0.356 e. The maximum atomic E-state index is 14.1. The summed E-state index contributed by atoms with van der Waals surface area (Å²) < 4.78 is 10.1. The fourth-order valence-corrected chi connectivity index (χ4v) is 5.05. The zero-order valence-corrected chi connectivity index (χ0v) is 20.7. The third kappa shape index (κ3) is 4.12. The van der Waals surface area contributed by atoms with Gasteiger partial charge in [0.25, 0.3) is 11.8 Å². The third-order valence-corrected chi connectivity index (χ3v) is 6.67. The normalized spacial score (nSPS) is 20.7. The van der Waals surface area contributed by atoms with Crippen LogP contribution in [-0.4, -0.2) is 54.0 Å². The molecule has 0 radical (unpaired) electrons. The first-order chi connectivity index (χ1) is 18.5. The number of fused-ring (bicyclic) bond motifs is 1. The van der Waals surface area contributed by atoms with Gasteiger partial charge < -0.3 is 14.8 Å². The fourth-order valence-electron chi connectivity index (χ4n) is 5.05. The Morgan fingerprint density at radius 1 is 0.737 bits per heavy atom. The van der Waals surface area contributed by atoms with Crippen molar-refractivity contribution in [3.63, 3.8) is 0 Å². The molecule has 0 aliphatic carbocycles. The first-order valence-electron chi connectivity index (χ1n) is 12.0. The number of nitrogens with zero attached hydrogens (tertiary/aromatic N) is 2. The number of methoxy groups -OCH3 is 2. The van der Waals surface area contributed by atoms with Gasteiger partial charge in [-0.25, -0.2) is 14.6 Å². The summed E-state index contributed by atoms with van der Waals surface area (Å²) >= 11 is 0. The van der Waals surface area contributed by atoms with E-state index < -0.39 is 41.9 Å². The van der Waals surface area contributed by atoms with E-state index in [1.54, 1.807) is 59.6 Å². The third-order valence-electron chi connectivity index (χ3n) is 6.67. The summed E-state index contributed by atoms with van der Waals surface area (Å²) in [5.74, 6) is -2.66. The number of rotatable bonds is 6. The van der Waals surface area contributed by atoms with Crippen molar-refractivity contribution in [2.75, 3.05) is 14.2 Å². The summed E-state index contributed by atoms with van der Waals surface area (Å²) in [6, 6.07) is 24.0. The monoisotopic (exact) mass is 511 g/mol. The van der Waals surface area contributed by atoms with Crippen molar-refractivity contribution in [3.05, 3.63) is 119 Å². The van der Waals surface area contributed by atoms with E-state index in [-0.39, 0.29) is 11.3 Å². The second-order valence-corrected chi connectivity index (χ2v) is 8.76. The molecule has 0 spiro atoms. The van der Waals surface area contributed by atoms with Gasteiger partial charge in [0.1, 0.15) is 6.04 Å². The van der Waals surface area contributed by atoms with Gasteiger partial charge in [-0.3, -0.25) is 9.59 Å². The summed E-state index contributed by atoms with van der Waals surface area (Å²) in [5.41, 5.74) is 1.48. The molecule has 9 nitrogen and oxygen atoms in total. The van der Waals surface area contributed by atoms with Gasteiger partial charge >= 0.3 is 11.9 Å². The van der Waals surface area contributed by atoms with Crippen molar-refractivity contribution >= 4 is 23.8 Å². The predicted octanol–water partition coefficient (Wildman–Crippen LogP) is 2.94. The molecule has 2 aliphatic rings. The second kappa shape index (κ2) is 10.3. The highest BCUT2D eigenvalue weighted by atomic mass is 16.5. The summed E-state index contributed by atoms with van der Waals surface area (Å²) in [7, 11) is 2.39. The van der Waals surface area contributed by atoms with Crippen LogP contribution in [0.2, 0.25) is 0 Å². The van der Waals surface area contributed by atoms with Crippen LogP contribution in [-0.2, 0) is 23.9 Å². The Morgan fingerprint density at radius 2 is 1.26 bits per heavy atom. The molecule has 38 heavy (non-hydrogen) atoms. The minimum Gasteiger partial charge on any atom is -0.466 e. The molecule has 3 aromatic rings. The lowest BCUT2D eigenvalue weighted by Gasteiger charge is -2.33. The second-order valence-electron chi connectivity index (χ2n) is 8.76. The van der Waals surface area contributed by atoms with Gasteiger partial charge in [-0.2, -0.15) is 5.01 Å². The largest absolute Gasteiger partial charge is 0.466 e. The number of nitrogens with one attached hydrogen (secondary N) is 1. The van der Waals surface area contributed by atoms with E-state index in [1.807, 2.05) is 36.4 Å².